The molecule has 0 unspecified atom stereocenters. The molecule has 1 aromatic carbocycles. The van der Waals surface area contributed by atoms with E-state index in [1.165, 1.54) is 0 Å². The number of likely N-dealkylation sites (tertiary alicyclic amines) is 1. The largest absolute Gasteiger partial charge is 0.492 e. The van der Waals surface area contributed by atoms with Crippen LogP contribution in [0.15, 0.2) is 30.3 Å². The van der Waals surface area contributed by atoms with E-state index in [9.17, 15) is 10.1 Å². The SMILES string of the molecule is C[C@](C#N)(NC(=O)CN1CCC[C@H]1COc1ccccc1)C1CC1. The Balaban J connectivity index is 1.50. The van der Waals surface area contributed by atoms with Crippen LogP contribution >= 0.6 is 0 Å². The number of ether oxygens (including phenoxy) is 1. The highest BCUT2D eigenvalue weighted by molar-refractivity contribution is 5.79. The summed E-state index contributed by atoms with van der Waals surface area (Å²) in [6.45, 7) is 3.67. The third kappa shape index (κ3) is 4.07. The van der Waals surface area contributed by atoms with Crippen LogP contribution in [0.4, 0.5) is 0 Å². The first-order chi connectivity index (χ1) is 11.6. The normalized spacial score (nSPS) is 23.2. The molecule has 1 aromatic rings. The van der Waals surface area contributed by atoms with Gasteiger partial charge in [-0.25, -0.2) is 0 Å². The van der Waals surface area contributed by atoms with Crippen molar-refractivity contribution < 1.29 is 9.53 Å². The molecule has 128 valence electrons. The van der Waals surface area contributed by atoms with Crippen LogP contribution in [-0.2, 0) is 4.79 Å². The Morgan fingerprint density at radius 1 is 1.38 bits per heavy atom. The van der Waals surface area contributed by atoms with E-state index in [-0.39, 0.29) is 11.9 Å². The summed E-state index contributed by atoms with van der Waals surface area (Å²) in [5, 5.41) is 12.3. The molecule has 1 N–H and O–H groups in total. The van der Waals surface area contributed by atoms with E-state index >= 15 is 0 Å². The van der Waals surface area contributed by atoms with E-state index in [2.05, 4.69) is 16.3 Å². The molecule has 0 radical (unpaired) electrons. The number of carbonyl (C=O) groups is 1. The zero-order valence-corrected chi connectivity index (χ0v) is 14.2. The molecule has 5 nitrogen and oxygen atoms in total. The van der Waals surface area contributed by atoms with Crippen molar-refractivity contribution in [3.8, 4) is 11.8 Å². The molecular weight excluding hydrogens is 302 g/mol. The fraction of sp³-hybridized carbons (Fsp3) is 0.579. The molecular formula is C19H25N3O2. The van der Waals surface area contributed by atoms with Crippen LogP contribution in [0.5, 0.6) is 5.75 Å². The summed E-state index contributed by atoms with van der Waals surface area (Å²) in [6.07, 6.45) is 4.18. The number of para-hydroxylation sites is 1. The van der Waals surface area contributed by atoms with Crippen LogP contribution in [-0.4, -0.2) is 42.1 Å². The lowest BCUT2D eigenvalue weighted by Crippen LogP contribution is -2.51. The zero-order chi connectivity index (χ0) is 17.0. The first-order valence-electron chi connectivity index (χ1n) is 8.75. The first-order valence-corrected chi connectivity index (χ1v) is 8.75. The van der Waals surface area contributed by atoms with Gasteiger partial charge in [-0.3, -0.25) is 9.69 Å². The predicted molar refractivity (Wildman–Crippen MR) is 91.4 cm³/mol. The maximum atomic E-state index is 12.4. The molecule has 2 aliphatic rings. The Morgan fingerprint density at radius 3 is 2.79 bits per heavy atom. The molecule has 3 rings (SSSR count). The fourth-order valence-electron chi connectivity index (χ4n) is 3.40. The average Bonchev–Trinajstić information content (AvgIpc) is 3.36. The monoisotopic (exact) mass is 327 g/mol. The molecule has 1 saturated heterocycles. The van der Waals surface area contributed by atoms with Gasteiger partial charge in [0.15, 0.2) is 0 Å². The molecule has 2 atom stereocenters. The lowest BCUT2D eigenvalue weighted by atomic mass is 9.98. The van der Waals surface area contributed by atoms with Gasteiger partial charge in [-0.2, -0.15) is 5.26 Å². The maximum Gasteiger partial charge on any atom is 0.235 e. The van der Waals surface area contributed by atoms with Crippen LogP contribution in [0.3, 0.4) is 0 Å². The molecule has 0 aromatic heterocycles. The van der Waals surface area contributed by atoms with Crippen molar-refractivity contribution in [2.24, 2.45) is 5.92 Å². The number of nitrogens with one attached hydrogen (secondary N) is 1. The summed E-state index contributed by atoms with van der Waals surface area (Å²) >= 11 is 0. The van der Waals surface area contributed by atoms with Crippen molar-refractivity contribution in [1.82, 2.24) is 10.2 Å². The minimum atomic E-state index is -0.715. The van der Waals surface area contributed by atoms with Crippen LogP contribution < -0.4 is 10.1 Å². The van der Waals surface area contributed by atoms with Crippen molar-refractivity contribution in [2.75, 3.05) is 19.7 Å². The van der Waals surface area contributed by atoms with E-state index in [1.807, 2.05) is 37.3 Å². The van der Waals surface area contributed by atoms with Crippen molar-refractivity contribution >= 4 is 5.91 Å². The second kappa shape index (κ2) is 7.23. The summed E-state index contributed by atoms with van der Waals surface area (Å²) < 4.78 is 5.85. The molecule has 1 amide bonds. The number of amides is 1. The summed E-state index contributed by atoms with van der Waals surface area (Å²) in [7, 11) is 0. The number of rotatable bonds is 7. The van der Waals surface area contributed by atoms with Gasteiger partial charge in [0.1, 0.15) is 17.9 Å². The van der Waals surface area contributed by atoms with E-state index in [0.717, 1.165) is 38.0 Å². The number of nitrogens with zero attached hydrogens (tertiary/aromatic N) is 2. The Morgan fingerprint density at radius 2 is 2.12 bits per heavy atom. The third-order valence-corrected chi connectivity index (χ3v) is 5.06. The summed E-state index contributed by atoms with van der Waals surface area (Å²) in [4.78, 5) is 14.6. The van der Waals surface area contributed by atoms with Crippen LogP contribution in [0, 0.1) is 17.2 Å². The third-order valence-electron chi connectivity index (χ3n) is 5.06. The van der Waals surface area contributed by atoms with Gasteiger partial charge in [-0.15, -0.1) is 0 Å². The van der Waals surface area contributed by atoms with Crippen molar-refractivity contribution in [1.29, 1.82) is 5.26 Å². The molecule has 5 heteroatoms. The second-order valence-electron chi connectivity index (χ2n) is 7.03. The van der Waals surface area contributed by atoms with Gasteiger partial charge >= 0.3 is 0 Å². The molecule has 2 fully saturated rings. The van der Waals surface area contributed by atoms with Gasteiger partial charge in [-0.05, 0) is 57.2 Å². The smallest absolute Gasteiger partial charge is 0.235 e. The molecule has 0 spiro atoms. The number of nitriles is 1. The van der Waals surface area contributed by atoms with Gasteiger partial charge in [0.05, 0.1) is 12.6 Å². The molecule has 1 aliphatic heterocycles. The molecule has 0 bridgehead atoms. The Kier molecular flexibility index (Phi) is 5.06. The van der Waals surface area contributed by atoms with Crippen molar-refractivity contribution in [3.63, 3.8) is 0 Å². The zero-order valence-electron chi connectivity index (χ0n) is 14.2. The van der Waals surface area contributed by atoms with Gasteiger partial charge < -0.3 is 10.1 Å². The summed E-state index contributed by atoms with van der Waals surface area (Å²) in [5.41, 5.74) is -0.715. The quantitative estimate of drug-likeness (QED) is 0.835. The standard InChI is InChI=1S/C19H25N3O2/c1-19(14-20,15-9-10-15)21-18(23)12-22-11-5-6-16(22)13-24-17-7-3-2-4-8-17/h2-4,7-8,15-16H,5-6,9-13H2,1H3,(H,21,23)/t16-,19+/m0/s1. The van der Waals surface area contributed by atoms with E-state index in [4.69, 9.17) is 4.74 Å². The minimum absolute atomic E-state index is 0.0578. The van der Waals surface area contributed by atoms with Gasteiger partial charge in [0, 0.05) is 6.04 Å². The topological polar surface area (TPSA) is 65.4 Å². The van der Waals surface area contributed by atoms with Gasteiger partial charge in [-0.1, -0.05) is 18.2 Å². The van der Waals surface area contributed by atoms with Crippen molar-refractivity contribution in [2.45, 2.75) is 44.2 Å². The highest BCUT2D eigenvalue weighted by Crippen LogP contribution is 2.39. The average molecular weight is 327 g/mol. The number of hydrogen-bond donors (Lipinski definition) is 1. The number of hydrogen-bond acceptors (Lipinski definition) is 4. The van der Waals surface area contributed by atoms with E-state index < -0.39 is 5.54 Å². The molecule has 1 saturated carbocycles. The number of benzene rings is 1. The highest BCUT2D eigenvalue weighted by atomic mass is 16.5. The Hall–Kier alpha value is -2.06. The molecule has 1 aliphatic carbocycles. The highest BCUT2D eigenvalue weighted by Gasteiger charge is 2.43. The van der Waals surface area contributed by atoms with Crippen LogP contribution in [0.25, 0.3) is 0 Å². The molecule has 24 heavy (non-hydrogen) atoms. The van der Waals surface area contributed by atoms with Gasteiger partial charge in [0.2, 0.25) is 5.91 Å². The number of carbonyl (C=O) groups excluding carboxylic acids is 1. The second-order valence-corrected chi connectivity index (χ2v) is 7.03. The Bertz CT molecular complexity index is 609. The molecule has 1 heterocycles. The van der Waals surface area contributed by atoms with Crippen molar-refractivity contribution in [3.05, 3.63) is 30.3 Å². The fourth-order valence-corrected chi connectivity index (χ4v) is 3.40. The lowest BCUT2D eigenvalue weighted by molar-refractivity contribution is -0.124. The summed E-state index contributed by atoms with van der Waals surface area (Å²) in [5.74, 6) is 1.11. The minimum Gasteiger partial charge on any atom is -0.492 e. The van der Waals surface area contributed by atoms with Crippen LogP contribution in [0.1, 0.15) is 32.6 Å². The maximum absolute atomic E-state index is 12.4. The van der Waals surface area contributed by atoms with Gasteiger partial charge in [0.25, 0.3) is 0 Å². The van der Waals surface area contributed by atoms with Crippen LogP contribution in [0.2, 0.25) is 0 Å². The predicted octanol–water partition coefficient (Wildman–Crippen LogP) is 2.34. The lowest BCUT2D eigenvalue weighted by Gasteiger charge is -2.27. The van der Waals surface area contributed by atoms with E-state index in [0.29, 0.717) is 19.1 Å². The van der Waals surface area contributed by atoms with E-state index in [1.54, 1.807) is 0 Å². The summed E-state index contributed by atoms with van der Waals surface area (Å²) in [6, 6.07) is 12.3. The Labute approximate surface area is 143 Å². The first kappa shape index (κ1) is 16.8.